The Balaban J connectivity index is 1.50. The Kier molecular flexibility index (Phi) is 6.51. The number of carbonyl (C=O) groups is 1. The Hall–Kier alpha value is -4.79. The first-order chi connectivity index (χ1) is 18.0. The Morgan fingerprint density at radius 3 is 2.46 bits per heavy atom. The monoisotopic (exact) mass is 498 g/mol. The number of amides is 1. The molecule has 2 heterocycles. The quantitative estimate of drug-likeness (QED) is 0.304. The predicted molar refractivity (Wildman–Crippen MR) is 142 cm³/mol. The van der Waals surface area contributed by atoms with Crippen molar-refractivity contribution in [3.63, 3.8) is 0 Å². The summed E-state index contributed by atoms with van der Waals surface area (Å²) in [6.07, 6.45) is 1.93. The summed E-state index contributed by atoms with van der Waals surface area (Å²) in [6, 6.07) is 20.3. The van der Waals surface area contributed by atoms with Gasteiger partial charge in [0.15, 0.2) is 11.5 Å². The van der Waals surface area contributed by atoms with Gasteiger partial charge < -0.3 is 19.8 Å². The summed E-state index contributed by atoms with van der Waals surface area (Å²) in [5.74, 6) is 0.514. The summed E-state index contributed by atoms with van der Waals surface area (Å²) in [5.41, 5.74) is 2.08. The molecular weight excluding hydrogens is 472 g/mol. The molecule has 2 aromatic heterocycles. The lowest BCUT2D eigenvalue weighted by atomic mass is 9.90. The van der Waals surface area contributed by atoms with Crippen molar-refractivity contribution < 1.29 is 14.3 Å². The summed E-state index contributed by atoms with van der Waals surface area (Å²) in [4.78, 5) is 43.4. The van der Waals surface area contributed by atoms with Crippen LogP contribution in [0.2, 0.25) is 0 Å². The van der Waals surface area contributed by atoms with Crippen LogP contribution in [-0.4, -0.2) is 41.2 Å². The lowest BCUT2D eigenvalue weighted by molar-refractivity contribution is -0.121. The van der Waals surface area contributed by atoms with E-state index in [1.807, 2.05) is 48.7 Å². The van der Waals surface area contributed by atoms with E-state index in [1.165, 1.54) is 4.57 Å². The van der Waals surface area contributed by atoms with Crippen LogP contribution in [0.15, 0.2) is 82.5 Å². The normalized spacial score (nSPS) is 11.9. The van der Waals surface area contributed by atoms with Crippen LogP contribution in [0.1, 0.15) is 17.0 Å². The summed E-state index contributed by atoms with van der Waals surface area (Å²) in [6.45, 7) is -0.00772. The molecule has 1 amide bonds. The molecule has 0 aliphatic carbocycles. The van der Waals surface area contributed by atoms with Crippen LogP contribution in [0, 0.1) is 0 Å². The first kappa shape index (κ1) is 23.9. The van der Waals surface area contributed by atoms with Crippen molar-refractivity contribution >= 4 is 27.7 Å². The zero-order chi connectivity index (χ0) is 25.9. The van der Waals surface area contributed by atoms with E-state index in [0.717, 1.165) is 22.0 Å². The minimum Gasteiger partial charge on any atom is -0.493 e. The van der Waals surface area contributed by atoms with E-state index >= 15 is 0 Å². The standard InChI is InChI=1S/C28H26N4O5/c1-36-24-13-7-10-18(26(24)37-2)21(20-14-29-22-11-5-3-8-17(20)22)15-30-25(33)16-32-23-12-6-4-9-19(23)27(34)31-28(32)35/h3-14,21,29H,15-16H2,1-2H3,(H,30,33)(H,31,34,35). The molecule has 0 saturated carbocycles. The topological polar surface area (TPSA) is 118 Å². The van der Waals surface area contributed by atoms with Crippen molar-refractivity contribution in [1.29, 1.82) is 0 Å². The molecule has 3 N–H and O–H groups in total. The van der Waals surface area contributed by atoms with Gasteiger partial charge in [-0.25, -0.2) is 4.79 Å². The number of hydrogen-bond donors (Lipinski definition) is 3. The number of aromatic amines is 2. The Morgan fingerprint density at radius 1 is 0.919 bits per heavy atom. The number of methoxy groups -OCH3 is 2. The third-order valence-corrected chi connectivity index (χ3v) is 6.52. The van der Waals surface area contributed by atoms with Crippen molar-refractivity contribution in [3.8, 4) is 11.5 Å². The van der Waals surface area contributed by atoms with Gasteiger partial charge in [-0.3, -0.25) is 19.1 Å². The molecule has 0 radical (unpaired) electrons. The number of nitrogens with one attached hydrogen (secondary N) is 3. The molecule has 3 aromatic carbocycles. The molecular formula is C28H26N4O5. The van der Waals surface area contributed by atoms with Gasteiger partial charge in [0, 0.05) is 35.1 Å². The SMILES string of the molecule is COc1cccc(C(CNC(=O)Cn2c(=O)[nH]c(=O)c3ccccc32)c2c[nH]c3ccccc23)c1OC. The molecule has 0 aliphatic rings. The zero-order valence-electron chi connectivity index (χ0n) is 20.4. The number of rotatable bonds is 8. The van der Waals surface area contributed by atoms with E-state index in [1.54, 1.807) is 38.5 Å². The maximum atomic E-state index is 13.1. The van der Waals surface area contributed by atoms with Crippen molar-refractivity contribution in [2.45, 2.75) is 12.5 Å². The van der Waals surface area contributed by atoms with Gasteiger partial charge >= 0.3 is 5.69 Å². The van der Waals surface area contributed by atoms with Crippen LogP contribution in [0.5, 0.6) is 11.5 Å². The average Bonchev–Trinajstić information content (AvgIpc) is 3.35. The lowest BCUT2D eigenvalue weighted by Gasteiger charge is -2.22. The fraction of sp³-hybridized carbons (Fsp3) is 0.179. The van der Waals surface area contributed by atoms with E-state index in [4.69, 9.17) is 9.47 Å². The van der Waals surface area contributed by atoms with E-state index in [0.29, 0.717) is 22.4 Å². The fourth-order valence-corrected chi connectivity index (χ4v) is 4.77. The van der Waals surface area contributed by atoms with Crippen LogP contribution < -0.4 is 26.0 Å². The minimum atomic E-state index is -0.638. The van der Waals surface area contributed by atoms with Gasteiger partial charge in [-0.05, 0) is 29.8 Å². The molecule has 0 aliphatic heterocycles. The molecule has 0 spiro atoms. The highest BCUT2D eigenvalue weighted by molar-refractivity contribution is 5.85. The summed E-state index contributed by atoms with van der Waals surface area (Å²) >= 11 is 0. The van der Waals surface area contributed by atoms with Crippen LogP contribution in [-0.2, 0) is 11.3 Å². The molecule has 9 heteroatoms. The average molecular weight is 499 g/mol. The van der Waals surface area contributed by atoms with Crippen LogP contribution in [0.25, 0.3) is 21.8 Å². The Labute approximate surface area is 211 Å². The van der Waals surface area contributed by atoms with Gasteiger partial charge in [0.1, 0.15) is 6.54 Å². The smallest absolute Gasteiger partial charge is 0.329 e. The van der Waals surface area contributed by atoms with Crippen molar-refractivity contribution in [2.24, 2.45) is 0 Å². The second-order valence-electron chi connectivity index (χ2n) is 8.59. The van der Waals surface area contributed by atoms with Gasteiger partial charge in [-0.15, -0.1) is 0 Å². The predicted octanol–water partition coefficient (Wildman–Crippen LogP) is 3.14. The molecule has 5 aromatic rings. The number of nitrogens with zero attached hydrogens (tertiary/aromatic N) is 1. The second-order valence-corrected chi connectivity index (χ2v) is 8.59. The number of H-pyrrole nitrogens is 2. The lowest BCUT2D eigenvalue weighted by Crippen LogP contribution is -2.37. The van der Waals surface area contributed by atoms with Gasteiger partial charge in [0.25, 0.3) is 5.56 Å². The maximum Gasteiger partial charge on any atom is 0.329 e. The molecule has 1 atom stereocenters. The van der Waals surface area contributed by atoms with Crippen LogP contribution in [0.4, 0.5) is 0 Å². The Bertz CT molecular complexity index is 1720. The minimum absolute atomic E-state index is 0.236. The number of aromatic nitrogens is 3. The summed E-state index contributed by atoms with van der Waals surface area (Å²) in [7, 11) is 3.16. The molecule has 9 nitrogen and oxygen atoms in total. The number of fused-ring (bicyclic) bond motifs is 2. The van der Waals surface area contributed by atoms with Gasteiger partial charge in [-0.2, -0.15) is 0 Å². The van der Waals surface area contributed by atoms with E-state index < -0.39 is 11.2 Å². The highest BCUT2D eigenvalue weighted by Gasteiger charge is 2.24. The second kappa shape index (κ2) is 10.1. The van der Waals surface area contributed by atoms with Gasteiger partial charge in [-0.1, -0.05) is 42.5 Å². The number of carbonyl (C=O) groups excluding carboxylic acids is 1. The number of para-hydroxylation sites is 3. The Morgan fingerprint density at radius 2 is 1.68 bits per heavy atom. The van der Waals surface area contributed by atoms with Crippen molar-refractivity contribution in [1.82, 2.24) is 19.9 Å². The maximum absolute atomic E-state index is 13.1. The molecule has 37 heavy (non-hydrogen) atoms. The fourth-order valence-electron chi connectivity index (χ4n) is 4.77. The molecule has 5 rings (SSSR count). The zero-order valence-corrected chi connectivity index (χ0v) is 20.4. The van der Waals surface area contributed by atoms with E-state index in [2.05, 4.69) is 15.3 Å². The summed E-state index contributed by atoms with van der Waals surface area (Å²) < 4.78 is 12.5. The van der Waals surface area contributed by atoms with Crippen molar-refractivity contribution in [2.75, 3.05) is 20.8 Å². The van der Waals surface area contributed by atoms with Crippen LogP contribution >= 0.6 is 0 Å². The van der Waals surface area contributed by atoms with E-state index in [9.17, 15) is 14.4 Å². The van der Waals surface area contributed by atoms with Gasteiger partial charge in [0.2, 0.25) is 5.91 Å². The molecule has 1 unspecified atom stereocenters. The largest absolute Gasteiger partial charge is 0.493 e. The number of benzene rings is 3. The highest BCUT2D eigenvalue weighted by Crippen LogP contribution is 2.40. The first-order valence-corrected chi connectivity index (χ1v) is 11.8. The molecule has 188 valence electrons. The molecule has 0 bridgehead atoms. The first-order valence-electron chi connectivity index (χ1n) is 11.8. The van der Waals surface area contributed by atoms with Gasteiger partial charge in [0.05, 0.1) is 25.1 Å². The molecule has 0 fully saturated rings. The number of hydrogen-bond acceptors (Lipinski definition) is 5. The van der Waals surface area contributed by atoms with Crippen LogP contribution in [0.3, 0.4) is 0 Å². The third kappa shape index (κ3) is 4.47. The summed E-state index contributed by atoms with van der Waals surface area (Å²) in [5, 5.41) is 4.34. The third-order valence-electron chi connectivity index (χ3n) is 6.52. The molecule has 0 saturated heterocycles. The van der Waals surface area contributed by atoms with E-state index in [-0.39, 0.29) is 24.9 Å². The number of ether oxygens (including phenoxy) is 2. The van der Waals surface area contributed by atoms with Crippen molar-refractivity contribution in [3.05, 3.63) is 105 Å². The highest BCUT2D eigenvalue weighted by atomic mass is 16.5.